The first-order valence-electron chi connectivity index (χ1n) is 7.43. The van der Waals surface area contributed by atoms with Gasteiger partial charge in [0.1, 0.15) is 17.1 Å². The largest absolute Gasteiger partial charge is 0.496 e. The molecule has 2 aromatic rings. The monoisotopic (exact) mass is 359 g/mol. The molecule has 0 heterocycles. The van der Waals surface area contributed by atoms with Crippen molar-refractivity contribution in [3.63, 3.8) is 0 Å². The number of carbonyl (C=O) groups excluding carboxylic acids is 1. The Morgan fingerprint density at radius 2 is 1.58 bits per heavy atom. The zero-order chi connectivity index (χ0) is 19.1. The summed E-state index contributed by atoms with van der Waals surface area (Å²) >= 11 is 0. The van der Waals surface area contributed by atoms with E-state index >= 15 is 0 Å². The van der Waals surface area contributed by atoms with Gasteiger partial charge in [-0.15, -0.1) is 0 Å². The number of methoxy groups -OCH3 is 3. The molecule has 0 bridgehead atoms. The fourth-order valence-electron chi connectivity index (χ4n) is 2.22. The first kappa shape index (κ1) is 18.8. The van der Waals surface area contributed by atoms with Crippen molar-refractivity contribution >= 4 is 12.0 Å². The number of hydrogen-bond acceptors (Lipinski definition) is 7. The second-order valence-electron chi connectivity index (χ2n) is 4.94. The molecule has 0 spiro atoms. The quantitative estimate of drug-likeness (QED) is 0.324. The van der Waals surface area contributed by atoms with E-state index in [0.29, 0.717) is 17.1 Å². The maximum atomic E-state index is 12.6. The number of nitrogens with zero attached hydrogens (tertiary/aromatic N) is 1. The molecule has 0 radical (unpaired) electrons. The standard InChI is InChI=1S/C18H17NO7/c1-23-14-5-4-6-15(24-2)17(14)18(20)26-13-8-7-12(9-10-19(21)22)11-16(13)25-3/h4-11H,1-3H3/b10-9+. The number of hydrogen-bond donors (Lipinski definition) is 0. The predicted molar refractivity (Wildman–Crippen MR) is 93.5 cm³/mol. The maximum absolute atomic E-state index is 12.6. The minimum absolute atomic E-state index is 0.136. The van der Waals surface area contributed by atoms with Crippen molar-refractivity contribution in [3.05, 3.63) is 63.8 Å². The Balaban J connectivity index is 2.34. The lowest BCUT2D eigenvalue weighted by Crippen LogP contribution is -2.12. The van der Waals surface area contributed by atoms with Crippen LogP contribution in [0.15, 0.2) is 42.6 Å². The van der Waals surface area contributed by atoms with Crippen LogP contribution in [-0.4, -0.2) is 32.2 Å². The van der Waals surface area contributed by atoms with E-state index in [-0.39, 0.29) is 17.1 Å². The third-order valence-electron chi connectivity index (χ3n) is 3.41. The van der Waals surface area contributed by atoms with Crippen molar-refractivity contribution in [2.45, 2.75) is 0 Å². The van der Waals surface area contributed by atoms with E-state index in [1.54, 1.807) is 24.3 Å². The van der Waals surface area contributed by atoms with Crippen molar-refractivity contribution in [2.24, 2.45) is 0 Å². The Morgan fingerprint density at radius 3 is 2.12 bits per heavy atom. The van der Waals surface area contributed by atoms with Crippen LogP contribution in [0.4, 0.5) is 0 Å². The molecule has 0 N–H and O–H groups in total. The lowest BCUT2D eigenvalue weighted by Gasteiger charge is -2.14. The van der Waals surface area contributed by atoms with Gasteiger partial charge in [0.25, 0.3) is 0 Å². The molecule has 8 heteroatoms. The van der Waals surface area contributed by atoms with Crippen molar-refractivity contribution in [1.82, 2.24) is 0 Å². The molecule has 2 aromatic carbocycles. The Bertz CT molecular complexity index is 823. The highest BCUT2D eigenvalue weighted by molar-refractivity contribution is 5.97. The first-order valence-corrected chi connectivity index (χ1v) is 7.43. The van der Waals surface area contributed by atoms with Crippen LogP contribution < -0.4 is 18.9 Å². The topological polar surface area (TPSA) is 97.1 Å². The summed E-state index contributed by atoms with van der Waals surface area (Å²) in [7, 11) is 4.27. The van der Waals surface area contributed by atoms with Crippen molar-refractivity contribution in [3.8, 4) is 23.0 Å². The highest BCUT2D eigenvalue weighted by Crippen LogP contribution is 2.33. The highest BCUT2D eigenvalue weighted by atomic mass is 16.6. The molecule has 0 saturated heterocycles. The molecule has 26 heavy (non-hydrogen) atoms. The van der Waals surface area contributed by atoms with Gasteiger partial charge >= 0.3 is 5.97 Å². The number of carbonyl (C=O) groups is 1. The van der Waals surface area contributed by atoms with Crippen LogP contribution in [0.5, 0.6) is 23.0 Å². The molecule has 0 aliphatic heterocycles. The summed E-state index contributed by atoms with van der Waals surface area (Å²) < 4.78 is 21.0. The molecule has 0 fully saturated rings. The normalized spacial score (nSPS) is 10.4. The van der Waals surface area contributed by atoms with Crippen molar-refractivity contribution in [2.75, 3.05) is 21.3 Å². The molecule has 2 rings (SSSR count). The average molecular weight is 359 g/mol. The molecular formula is C18H17NO7. The molecule has 0 aromatic heterocycles. The summed E-state index contributed by atoms with van der Waals surface area (Å²) in [5.74, 6) is 0.324. The van der Waals surface area contributed by atoms with Crippen LogP contribution in [-0.2, 0) is 0 Å². The third kappa shape index (κ3) is 4.29. The summed E-state index contributed by atoms with van der Waals surface area (Å²) in [5, 5.41) is 10.4. The molecule has 0 atom stereocenters. The van der Waals surface area contributed by atoms with Crippen LogP contribution in [0.2, 0.25) is 0 Å². The van der Waals surface area contributed by atoms with Crippen molar-refractivity contribution < 1.29 is 28.7 Å². The molecule has 8 nitrogen and oxygen atoms in total. The summed E-state index contributed by atoms with van der Waals surface area (Å²) in [6.45, 7) is 0. The molecule has 0 aliphatic carbocycles. The molecule has 0 aliphatic rings. The van der Waals surface area contributed by atoms with Gasteiger partial charge in [-0.3, -0.25) is 10.1 Å². The maximum Gasteiger partial charge on any atom is 0.351 e. The average Bonchev–Trinajstić information content (AvgIpc) is 2.66. The Morgan fingerprint density at radius 1 is 0.962 bits per heavy atom. The Hall–Kier alpha value is -3.55. The summed E-state index contributed by atoms with van der Waals surface area (Å²) in [5.41, 5.74) is 0.657. The number of ether oxygens (including phenoxy) is 4. The number of rotatable bonds is 7. The van der Waals surface area contributed by atoms with Crippen LogP contribution in [0.25, 0.3) is 6.08 Å². The van der Waals surface area contributed by atoms with Gasteiger partial charge in [0.05, 0.1) is 26.3 Å². The van der Waals surface area contributed by atoms with E-state index in [1.807, 2.05) is 0 Å². The predicted octanol–water partition coefficient (Wildman–Crippen LogP) is 3.18. The second kappa shape index (κ2) is 8.52. The van der Waals surface area contributed by atoms with Crippen LogP contribution in [0.3, 0.4) is 0 Å². The van der Waals surface area contributed by atoms with Crippen LogP contribution in [0.1, 0.15) is 15.9 Å². The van der Waals surface area contributed by atoms with Gasteiger partial charge in [-0.25, -0.2) is 4.79 Å². The van der Waals surface area contributed by atoms with E-state index in [9.17, 15) is 14.9 Å². The molecule has 0 unspecified atom stereocenters. The zero-order valence-corrected chi connectivity index (χ0v) is 14.4. The zero-order valence-electron chi connectivity index (χ0n) is 14.4. The van der Waals surface area contributed by atoms with Gasteiger partial charge in [0.15, 0.2) is 11.5 Å². The van der Waals surface area contributed by atoms with Gasteiger partial charge in [-0.05, 0) is 29.8 Å². The number of benzene rings is 2. The molecular weight excluding hydrogens is 342 g/mol. The first-order chi connectivity index (χ1) is 12.5. The van der Waals surface area contributed by atoms with Crippen LogP contribution >= 0.6 is 0 Å². The van der Waals surface area contributed by atoms with E-state index in [1.165, 1.54) is 39.5 Å². The third-order valence-corrected chi connectivity index (χ3v) is 3.41. The van der Waals surface area contributed by atoms with Gasteiger partial charge in [-0.2, -0.15) is 0 Å². The second-order valence-corrected chi connectivity index (χ2v) is 4.94. The van der Waals surface area contributed by atoms with Crippen LogP contribution in [0, 0.1) is 10.1 Å². The molecule has 0 saturated carbocycles. The number of nitro groups is 1. The van der Waals surface area contributed by atoms with E-state index < -0.39 is 10.9 Å². The summed E-state index contributed by atoms with van der Waals surface area (Å²) in [6.07, 6.45) is 2.11. The summed E-state index contributed by atoms with van der Waals surface area (Å²) in [6, 6.07) is 9.47. The van der Waals surface area contributed by atoms with E-state index in [4.69, 9.17) is 18.9 Å². The smallest absolute Gasteiger partial charge is 0.351 e. The SMILES string of the molecule is COc1cc(/C=C/[N+](=O)[O-])ccc1OC(=O)c1c(OC)cccc1OC. The number of esters is 1. The van der Waals surface area contributed by atoms with Crippen molar-refractivity contribution in [1.29, 1.82) is 0 Å². The lowest BCUT2D eigenvalue weighted by atomic mass is 10.1. The van der Waals surface area contributed by atoms with Gasteiger partial charge in [-0.1, -0.05) is 12.1 Å². The fourth-order valence-corrected chi connectivity index (χ4v) is 2.22. The molecule has 0 amide bonds. The van der Waals surface area contributed by atoms with Gasteiger partial charge < -0.3 is 18.9 Å². The van der Waals surface area contributed by atoms with Gasteiger partial charge in [0.2, 0.25) is 6.20 Å². The minimum Gasteiger partial charge on any atom is -0.496 e. The Kier molecular flexibility index (Phi) is 6.15. The Labute approximate surface area is 149 Å². The van der Waals surface area contributed by atoms with Gasteiger partial charge in [0, 0.05) is 6.08 Å². The lowest BCUT2D eigenvalue weighted by molar-refractivity contribution is -0.400. The molecule has 136 valence electrons. The van der Waals surface area contributed by atoms with E-state index in [2.05, 4.69) is 0 Å². The highest BCUT2D eigenvalue weighted by Gasteiger charge is 2.21. The fraction of sp³-hybridized carbons (Fsp3) is 0.167. The van der Waals surface area contributed by atoms with E-state index in [0.717, 1.165) is 6.20 Å². The summed E-state index contributed by atoms with van der Waals surface area (Å²) in [4.78, 5) is 22.4. The minimum atomic E-state index is -0.689.